The van der Waals surface area contributed by atoms with Crippen LogP contribution >= 0.6 is 23.1 Å². The first-order chi connectivity index (χ1) is 14.1. The SMILES string of the molecule is CC(=N)/C=C/c1nc(N/C(C(=O)O)=C(\C(C)=N)c2cccc(F)c2)sc1SC(C)C. The lowest BCUT2D eigenvalue weighted by Gasteiger charge is -2.12. The van der Waals surface area contributed by atoms with Gasteiger partial charge in [0.15, 0.2) is 5.13 Å². The number of halogens is 1. The third-order valence-electron chi connectivity index (χ3n) is 3.64. The normalized spacial score (nSPS) is 12.2. The molecule has 6 nitrogen and oxygen atoms in total. The largest absolute Gasteiger partial charge is 0.477 e. The van der Waals surface area contributed by atoms with E-state index in [9.17, 15) is 14.3 Å². The van der Waals surface area contributed by atoms with Gasteiger partial charge in [-0.15, -0.1) is 11.8 Å². The average molecular weight is 447 g/mol. The molecule has 0 radical (unpaired) electrons. The zero-order valence-corrected chi connectivity index (χ0v) is 18.7. The summed E-state index contributed by atoms with van der Waals surface area (Å²) in [4.78, 5) is 16.5. The number of nitrogens with zero attached hydrogens (tertiary/aromatic N) is 1. The topological polar surface area (TPSA) is 110 Å². The number of hydrogen-bond donors (Lipinski definition) is 4. The first kappa shape index (κ1) is 23.5. The van der Waals surface area contributed by atoms with Gasteiger partial charge in [0.05, 0.1) is 9.90 Å². The molecule has 0 saturated heterocycles. The number of thioether (sulfide) groups is 1. The molecule has 4 N–H and O–H groups in total. The van der Waals surface area contributed by atoms with Crippen LogP contribution in [0.1, 0.15) is 39.0 Å². The minimum absolute atomic E-state index is 0.0154. The summed E-state index contributed by atoms with van der Waals surface area (Å²) >= 11 is 2.87. The van der Waals surface area contributed by atoms with E-state index in [1.807, 2.05) is 13.8 Å². The Labute approximate surface area is 183 Å². The zero-order valence-electron chi connectivity index (χ0n) is 17.0. The first-order valence-corrected chi connectivity index (χ1v) is 10.7. The van der Waals surface area contributed by atoms with Crippen molar-refractivity contribution in [2.75, 3.05) is 5.32 Å². The Bertz CT molecular complexity index is 1040. The maximum Gasteiger partial charge on any atom is 0.353 e. The Morgan fingerprint density at radius 1 is 1.33 bits per heavy atom. The fourth-order valence-corrected chi connectivity index (χ4v) is 4.86. The van der Waals surface area contributed by atoms with Crippen molar-refractivity contribution in [3.8, 4) is 0 Å². The van der Waals surface area contributed by atoms with Crippen molar-refractivity contribution in [1.29, 1.82) is 10.8 Å². The van der Waals surface area contributed by atoms with E-state index in [-0.39, 0.29) is 22.2 Å². The molecule has 0 fully saturated rings. The number of thiazole rings is 1. The Morgan fingerprint density at radius 3 is 2.57 bits per heavy atom. The molecular formula is C21H23FN4O2S2. The second-order valence-corrected chi connectivity index (χ2v) is 9.53. The molecule has 2 aromatic rings. The molecule has 0 atom stereocenters. The van der Waals surface area contributed by atoms with Crippen LogP contribution < -0.4 is 5.32 Å². The minimum Gasteiger partial charge on any atom is -0.477 e. The number of hydrogen-bond acceptors (Lipinski definition) is 7. The highest BCUT2D eigenvalue weighted by Gasteiger charge is 2.21. The molecule has 0 aliphatic rings. The number of aliphatic carboxylic acids is 1. The molecule has 0 aliphatic heterocycles. The van der Waals surface area contributed by atoms with Gasteiger partial charge in [0.25, 0.3) is 0 Å². The van der Waals surface area contributed by atoms with Crippen LogP contribution in [0.15, 0.2) is 40.2 Å². The number of rotatable bonds is 9. The first-order valence-electron chi connectivity index (χ1n) is 9.05. The molecule has 30 heavy (non-hydrogen) atoms. The van der Waals surface area contributed by atoms with Crippen LogP contribution in [0.4, 0.5) is 9.52 Å². The standard InChI is InChI=1S/C21H23FN4O2S2/c1-11(2)29-20-16(9-8-12(3)23)25-21(30-20)26-18(19(27)28)17(13(4)24)14-6-5-7-15(22)10-14/h5-11,23-24H,1-4H3,(H,25,26)(H,27,28)/b9-8+,18-17+,23-12?,24-13?. The summed E-state index contributed by atoms with van der Waals surface area (Å²) in [6.07, 6.45) is 3.34. The quantitative estimate of drug-likeness (QED) is 0.222. The second kappa shape index (κ2) is 10.3. The van der Waals surface area contributed by atoms with Gasteiger partial charge in [-0.1, -0.05) is 37.3 Å². The molecule has 1 aromatic heterocycles. The summed E-state index contributed by atoms with van der Waals surface area (Å²) in [6.45, 7) is 7.18. The van der Waals surface area contributed by atoms with Crippen molar-refractivity contribution in [3.63, 3.8) is 0 Å². The van der Waals surface area contributed by atoms with E-state index in [2.05, 4.69) is 10.3 Å². The van der Waals surface area contributed by atoms with Crippen molar-refractivity contribution in [2.24, 2.45) is 0 Å². The average Bonchev–Trinajstić information content (AvgIpc) is 2.99. The van der Waals surface area contributed by atoms with Crippen LogP contribution in [-0.4, -0.2) is 32.7 Å². The van der Waals surface area contributed by atoms with E-state index in [4.69, 9.17) is 10.8 Å². The summed E-state index contributed by atoms with van der Waals surface area (Å²) in [5.41, 5.74) is 1.12. The van der Waals surface area contributed by atoms with Gasteiger partial charge in [-0.2, -0.15) is 0 Å². The Kier molecular flexibility index (Phi) is 8.08. The number of nitrogens with one attached hydrogen (secondary N) is 3. The maximum absolute atomic E-state index is 13.7. The molecular weight excluding hydrogens is 423 g/mol. The van der Waals surface area contributed by atoms with E-state index < -0.39 is 11.8 Å². The van der Waals surface area contributed by atoms with Gasteiger partial charge in [-0.3, -0.25) is 0 Å². The highest BCUT2D eigenvalue weighted by molar-refractivity contribution is 8.01. The molecule has 0 spiro atoms. The number of carbonyl (C=O) groups is 1. The van der Waals surface area contributed by atoms with Crippen LogP contribution in [0.3, 0.4) is 0 Å². The van der Waals surface area contributed by atoms with Crippen molar-refractivity contribution >= 4 is 57.3 Å². The highest BCUT2D eigenvalue weighted by Crippen LogP contribution is 2.36. The van der Waals surface area contributed by atoms with Crippen LogP contribution in [0.25, 0.3) is 11.6 Å². The third-order valence-corrected chi connectivity index (χ3v) is 5.85. The summed E-state index contributed by atoms with van der Waals surface area (Å²) in [7, 11) is 0. The maximum atomic E-state index is 13.7. The van der Waals surface area contributed by atoms with Gasteiger partial charge >= 0.3 is 5.97 Å². The Morgan fingerprint density at radius 2 is 2.03 bits per heavy atom. The lowest BCUT2D eigenvalue weighted by atomic mass is 9.99. The predicted octanol–water partition coefficient (Wildman–Crippen LogP) is 5.78. The number of carboxylic acid groups (broad SMARTS) is 1. The fourth-order valence-electron chi connectivity index (χ4n) is 2.50. The Hall–Kier alpha value is -2.78. The van der Waals surface area contributed by atoms with Crippen molar-refractivity contribution in [2.45, 2.75) is 37.2 Å². The Balaban J connectivity index is 2.56. The summed E-state index contributed by atoms with van der Waals surface area (Å²) < 4.78 is 14.6. The second-order valence-electron chi connectivity index (χ2n) is 6.69. The van der Waals surface area contributed by atoms with E-state index in [1.165, 1.54) is 36.5 Å². The van der Waals surface area contributed by atoms with E-state index >= 15 is 0 Å². The smallest absolute Gasteiger partial charge is 0.353 e. The highest BCUT2D eigenvalue weighted by atomic mass is 32.2. The molecule has 0 aliphatic carbocycles. The van der Waals surface area contributed by atoms with Gasteiger partial charge in [-0.25, -0.2) is 14.2 Å². The van der Waals surface area contributed by atoms with Gasteiger partial charge in [-0.05, 0) is 43.7 Å². The number of anilines is 1. The number of carboxylic acids is 1. The van der Waals surface area contributed by atoms with Crippen LogP contribution in [0, 0.1) is 16.6 Å². The monoisotopic (exact) mass is 446 g/mol. The van der Waals surface area contributed by atoms with Gasteiger partial charge < -0.3 is 21.2 Å². The lowest BCUT2D eigenvalue weighted by Crippen LogP contribution is -2.16. The summed E-state index contributed by atoms with van der Waals surface area (Å²) in [6, 6.07) is 5.48. The molecule has 2 rings (SSSR count). The molecule has 0 saturated carbocycles. The number of allylic oxidation sites excluding steroid dienone is 2. The summed E-state index contributed by atoms with van der Waals surface area (Å²) in [5, 5.41) is 28.9. The number of aromatic nitrogens is 1. The van der Waals surface area contributed by atoms with Gasteiger partial charge in [0, 0.05) is 22.2 Å². The van der Waals surface area contributed by atoms with Gasteiger partial charge in [0.1, 0.15) is 11.5 Å². The molecule has 9 heteroatoms. The van der Waals surface area contributed by atoms with Gasteiger partial charge in [0.2, 0.25) is 0 Å². The number of benzene rings is 1. The molecule has 1 heterocycles. The van der Waals surface area contributed by atoms with Crippen LogP contribution in [0.5, 0.6) is 0 Å². The van der Waals surface area contributed by atoms with E-state index in [0.717, 1.165) is 4.21 Å². The summed E-state index contributed by atoms with van der Waals surface area (Å²) in [5.74, 6) is -1.79. The van der Waals surface area contributed by atoms with Crippen LogP contribution in [-0.2, 0) is 4.79 Å². The minimum atomic E-state index is -1.28. The third kappa shape index (κ3) is 6.36. The molecule has 0 bridgehead atoms. The molecule has 0 unspecified atom stereocenters. The van der Waals surface area contributed by atoms with E-state index in [0.29, 0.717) is 22.1 Å². The van der Waals surface area contributed by atoms with Crippen molar-refractivity contribution in [1.82, 2.24) is 4.98 Å². The lowest BCUT2D eigenvalue weighted by molar-refractivity contribution is -0.132. The van der Waals surface area contributed by atoms with Crippen molar-refractivity contribution in [3.05, 3.63) is 53.1 Å². The van der Waals surface area contributed by atoms with E-state index in [1.54, 1.807) is 36.9 Å². The van der Waals surface area contributed by atoms with Crippen molar-refractivity contribution < 1.29 is 14.3 Å². The predicted molar refractivity (Wildman–Crippen MR) is 124 cm³/mol. The van der Waals surface area contributed by atoms with Crippen LogP contribution in [0.2, 0.25) is 0 Å². The zero-order chi connectivity index (χ0) is 22.4. The molecule has 158 valence electrons. The fraction of sp³-hybridized carbons (Fsp3) is 0.238. The molecule has 1 aromatic carbocycles. The molecule has 0 amide bonds.